The van der Waals surface area contributed by atoms with E-state index in [0.717, 1.165) is 25.7 Å². The van der Waals surface area contributed by atoms with E-state index in [1.165, 1.54) is 12.5 Å². The molecule has 1 aliphatic carbocycles. The van der Waals surface area contributed by atoms with Crippen LogP contribution in [0.2, 0.25) is 0 Å². The van der Waals surface area contributed by atoms with Gasteiger partial charge < -0.3 is 10.3 Å². The molecule has 0 atom stereocenters. The van der Waals surface area contributed by atoms with Crippen LogP contribution in [0.5, 0.6) is 0 Å². The van der Waals surface area contributed by atoms with E-state index in [0.29, 0.717) is 21.8 Å². The highest BCUT2D eigenvalue weighted by Gasteiger charge is 2.35. The summed E-state index contributed by atoms with van der Waals surface area (Å²) in [6.07, 6.45) is 5.08. The second kappa shape index (κ2) is 5.26. The first-order chi connectivity index (χ1) is 9.58. The fourth-order valence-electron chi connectivity index (χ4n) is 2.57. The molecule has 0 radical (unpaired) electrons. The third-order valence-corrected chi connectivity index (χ3v) is 4.38. The van der Waals surface area contributed by atoms with Gasteiger partial charge in [0.15, 0.2) is 0 Å². The highest BCUT2D eigenvalue weighted by atomic mass is 79.9. The zero-order chi connectivity index (χ0) is 14.2. The highest BCUT2D eigenvalue weighted by Crippen LogP contribution is 2.34. The van der Waals surface area contributed by atoms with Crippen molar-refractivity contribution in [3.63, 3.8) is 0 Å². The lowest BCUT2D eigenvalue weighted by Crippen LogP contribution is -2.38. The van der Waals surface area contributed by atoms with E-state index in [-0.39, 0.29) is 5.82 Å². The Bertz CT molecular complexity index is 623. The molecule has 1 fully saturated rings. The molecular formula is C14H15BrFN3O. The predicted octanol–water partition coefficient (Wildman–Crippen LogP) is 3.76. The van der Waals surface area contributed by atoms with E-state index < -0.39 is 5.54 Å². The minimum absolute atomic E-state index is 0.319. The number of hydrogen-bond acceptors (Lipinski definition) is 4. The average molecular weight is 340 g/mol. The van der Waals surface area contributed by atoms with Crippen LogP contribution in [0.1, 0.15) is 38.0 Å². The molecule has 0 aliphatic heterocycles. The van der Waals surface area contributed by atoms with Crippen molar-refractivity contribution in [3.05, 3.63) is 34.4 Å². The van der Waals surface area contributed by atoms with Crippen molar-refractivity contribution in [2.45, 2.75) is 37.6 Å². The molecule has 0 unspecified atom stereocenters. The van der Waals surface area contributed by atoms with Gasteiger partial charge in [-0.2, -0.15) is 4.98 Å². The van der Waals surface area contributed by atoms with Crippen LogP contribution >= 0.6 is 15.9 Å². The van der Waals surface area contributed by atoms with Crippen molar-refractivity contribution in [2.24, 2.45) is 5.73 Å². The Morgan fingerprint density at radius 2 is 2.00 bits per heavy atom. The van der Waals surface area contributed by atoms with Gasteiger partial charge in [-0.25, -0.2) is 4.39 Å². The quantitative estimate of drug-likeness (QED) is 0.904. The lowest BCUT2D eigenvalue weighted by Gasteiger charge is -2.29. The molecule has 0 bridgehead atoms. The summed E-state index contributed by atoms with van der Waals surface area (Å²) in [5.41, 5.74) is 6.55. The molecule has 6 heteroatoms. The van der Waals surface area contributed by atoms with Crippen molar-refractivity contribution in [1.29, 1.82) is 0 Å². The fourth-order valence-corrected chi connectivity index (χ4v) is 2.95. The van der Waals surface area contributed by atoms with E-state index in [2.05, 4.69) is 26.1 Å². The van der Waals surface area contributed by atoms with Gasteiger partial charge >= 0.3 is 0 Å². The molecule has 1 aromatic heterocycles. The molecule has 3 rings (SSSR count). The van der Waals surface area contributed by atoms with E-state index in [4.69, 9.17) is 10.3 Å². The molecule has 1 aromatic carbocycles. The van der Waals surface area contributed by atoms with E-state index in [1.54, 1.807) is 12.1 Å². The Balaban J connectivity index is 1.91. The summed E-state index contributed by atoms with van der Waals surface area (Å²) in [6, 6.07) is 4.63. The highest BCUT2D eigenvalue weighted by molar-refractivity contribution is 9.10. The molecule has 1 saturated carbocycles. The SMILES string of the molecule is NC1(c2nc(-c3ccc(F)c(Br)c3)no2)CCCCC1. The standard InChI is InChI=1S/C14H15BrFN3O/c15-10-8-9(4-5-11(10)16)12-18-13(20-19-12)14(17)6-2-1-3-7-14/h4-5,8H,1-3,6-7,17H2. The molecule has 2 N–H and O–H groups in total. The summed E-state index contributed by atoms with van der Waals surface area (Å²) >= 11 is 3.15. The Hall–Kier alpha value is -1.27. The number of aromatic nitrogens is 2. The number of halogens is 2. The van der Waals surface area contributed by atoms with Crippen molar-refractivity contribution in [2.75, 3.05) is 0 Å². The Kier molecular flexibility index (Phi) is 3.60. The minimum Gasteiger partial charge on any atom is -0.337 e. The number of nitrogens with two attached hydrogens (primary N) is 1. The first kappa shape index (κ1) is 13.7. The van der Waals surface area contributed by atoms with Gasteiger partial charge in [-0.05, 0) is 47.0 Å². The number of hydrogen-bond donors (Lipinski definition) is 1. The minimum atomic E-state index is -0.513. The zero-order valence-electron chi connectivity index (χ0n) is 10.9. The summed E-state index contributed by atoms with van der Waals surface area (Å²) < 4.78 is 19.0. The first-order valence-electron chi connectivity index (χ1n) is 6.67. The average Bonchev–Trinajstić information content (AvgIpc) is 2.93. The van der Waals surface area contributed by atoms with Crippen LogP contribution in [0.15, 0.2) is 27.2 Å². The summed E-state index contributed by atoms with van der Waals surface area (Å²) in [6.45, 7) is 0. The predicted molar refractivity (Wildman–Crippen MR) is 76.3 cm³/mol. The van der Waals surface area contributed by atoms with Crippen molar-refractivity contribution >= 4 is 15.9 Å². The topological polar surface area (TPSA) is 64.9 Å². The number of nitrogens with zero attached hydrogens (tertiary/aromatic N) is 2. The van der Waals surface area contributed by atoms with E-state index in [1.807, 2.05) is 0 Å². The van der Waals surface area contributed by atoms with Crippen molar-refractivity contribution < 1.29 is 8.91 Å². The maximum atomic E-state index is 13.2. The normalized spacial score (nSPS) is 18.1. The largest absolute Gasteiger partial charge is 0.337 e. The molecule has 0 spiro atoms. The monoisotopic (exact) mass is 339 g/mol. The lowest BCUT2D eigenvalue weighted by atomic mass is 9.82. The lowest BCUT2D eigenvalue weighted by molar-refractivity contribution is 0.220. The van der Waals surface area contributed by atoms with Gasteiger partial charge in [0.25, 0.3) is 0 Å². The summed E-state index contributed by atoms with van der Waals surface area (Å²) in [5, 5.41) is 3.97. The van der Waals surface area contributed by atoms with Gasteiger partial charge in [0, 0.05) is 5.56 Å². The van der Waals surface area contributed by atoms with Crippen LogP contribution in [-0.2, 0) is 5.54 Å². The molecule has 1 heterocycles. The Morgan fingerprint density at radius 1 is 1.25 bits per heavy atom. The molecule has 0 amide bonds. The number of benzene rings is 1. The Labute approximate surface area is 124 Å². The van der Waals surface area contributed by atoms with E-state index >= 15 is 0 Å². The third-order valence-electron chi connectivity index (χ3n) is 3.78. The molecule has 106 valence electrons. The van der Waals surface area contributed by atoms with Gasteiger partial charge in [-0.15, -0.1) is 0 Å². The van der Waals surface area contributed by atoms with Gasteiger partial charge in [0.1, 0.15) is 5.82 Å². The van der Waals surface area contributed by atoms with Gasteiger partial charge in [0.05, 0.1) is 10.0 Å². The molecule has 20 heavy (non-hydrogen) atoms. The summed E-state index contributed by atoms with van der Waals surface area (Å²) in [5.74, 6) is 0.601. The van der Waals surface area contributed by atoms with Crippen LogP contribution in [0.25, 0.3) is 11.4 Å². The zero-order valence-corrected chi connectivity index (χ0v) is 12.5. The van der Waals surface area contributed by atoms with Crippen molar-refractivity contribution in [3.8, 4) is 11.4 Å². The third kappa shape index (κ3) is 2.50. The summed E-state index contributed by atoms with van der Waals surface area (Å²) in [4.78, 5) is 4.40. The maximum absolute atomic E-state index is 13.2. The number of rotatable bonds is 2. The molecule has 1 aliphatic rings. The molecule has 4 nitrogen and oxygen atoms in total. The van der Waals surface area contributed by atoms with Gasteiger partial charge in [0.2, 0.25) is 11.7 Å². The van der Waals surface area contributed by atoms with Crippen LogP contribution in [0, 0.1) is 5.82 Å². The van der Waals surface area contributed by atoms with Crippen molar-refractivity contribution in [1.82, 2.24) is 10.1 Å². The molecular weight excluding hydrogens is 325 g/mol. The van der Waals surface area contributed by atoms with E-state index in [9.17, 15) is 4.39 Å². The smallest absolute Gasteiger partial charge is 0.247 e. The van der Waals surface area contributed by atoms with Gasteiger partial charge in [-0.1, -0.05) is 24.4 Å². The molecule has 0 saturated heterocycles. The second-order valence-electron chi connectivity index (χ2n) is 5.27. The van der Waals surface area contributed by atoms with Crippen LogP contribution in [0.4, 0.5) is 4.39 Å². The second-order valence-corrected chi connectivity index (χ2v) is 6.12. The van der Waals surface area contributed by atoms with Crippen LogP contribution in [-0.4, -0.2) is 10.1 Å². The van der Waals surface area contributed by atoms with Crippen LogP contribution in [0.3, 0.4) is 0 Å². The fraction of sp³-hybridized carbons (Fsp3) is 0.429. The first-order valence-corrected chi connectivity index (χ1v) is 7.46. The molecule has 2 aromatic rings. The Morgan fingerprint density at radius 3 is 2.70 bits per heavy atom. The maximum Gasteiger partial charge on any atom is 0.247 e. The van der Waals surface area contributed by atoms with Crippen LogP contribution < -0.4 is 5.73 Å². The summed E-state index contributed by atoms with van der Waals surface area (Å²) in [7, 11) is 0. The van der Waals surface area contributed by atoms with Gasteiger partial charge in [-0.3, -0.25) is 0 Å².